The molecule has 0 bridgehead atoms. The number of rotatable bonds is 3. The summed E-state index contributed by atoms with van der Waals surface area (Å²) in [6.45, 7) is 0.282. The molecule has 0 spiro atoms. The molecule has 0 aliphatic carbocycles. The van der Waals surface area contributed by atoms with E-state index in [0.717, 1.165) is 16.8 Å². The summed E-state index contributed by atoms with van der Waals surface area (Å²) in [5.41, 5.74) is 3.56. The Morgan fingerprint density at radius 2 is 1.83 bits per heavy atom. The van der Waals surface area contributed by atoms with Crippen LogP contribution in [0, 0.1) is 0 Å². The first-order valence-corrected chi connectivity index (χ1v) is 7.54. The quantitative estimate of drug-likeness (QED) is 0.697. The second-order valence-electron chi connectivity index (χ2n) is 5.52. The van der Waals surface area contributed by atoms with E-state index in [4.69, 9.17) is 0 Å². The van der Waals surface area contributed by atoms with Crippen LogP contribution >= 0.6 is 0 Å². The Morgan fingerprint density at radius 1 is 0.917 bits per heavy atom. The van der Waals surface area contributed by atoms with Crippen LogP contribution in [0.1, 0.15) is 16.1 Å². The van der Waals surface area contributed by atoms with Crippen molar-refractivity contribution in [1.82, 2.24) is 9.97 Å². The van der Waals surface area contributed by atoms with Crippen LogP contribution in [-0.4, -0.2) is 21.7 Å². The number of Topliss-reactive ketones (excluding diaryl/α,β-unsaturated/α-hetero) is 1. The molecule has 1 aliphatic rings. The third-order valence-electron chi connectivity index (χ3n) is 4.01. The Bertz CT molecular complexity index is 924. The molecule has 0 N–H and O–H groups in total. The van der Waals surface area contributed by atoms with Gasteiger partial charge in [-0.2, -0.15) is 0 Å². The minimum atomic E-state index is -0.515. The summed E-state index contributed by atoms with van der Waals surface area (Å²) >= 11 is 0. The zero-order valence-corrected chi connectivity index (χ0v) is 12.7. The van der Waals surface area contributed by atoms with Gasteiger partial charge < -0.3 is 0 Å². The minimum Gasteiger partial charge on any atom is -0.299 e. The minimum absolute atomic E-state index is 0.282. The Morgan fingerprint density at radius 3 is 2.58 bits per heavy atom. The largest absolute Gasteiger partial charge is 0.299 e. The van der Waals surface area contributed by atoms with Gasteiger partial charge in [-0.3, -0.25) is 24.5 Å². The molecule has 2 aromatic heterocycles. The van der Waals surface area contributed by atoms with Crippen molar-refractivity contribution in [2.45, 2.75) is 6.54 Å². The summed E-state index contributed by atoms with van der Waals surface area (Å²) in [6, 6.07) is 14.7. The highest BCUT2D eigenvalue weighted by atomic mass is 16.2. The molecule has 1 aromatic carbocycles. The summed E-state index contributed by atoms with van der Waals surface area (Å²) in [7, 11) is 0. The van der Waals surface area contributed by atoms with E-state index in [9.17, 15) is 9.59 Å². The van der Waals surface area contributed by atoms with E-state index in [1.54, 1.807) is 24.7 Å². The molecule has 4 rings (SSSR count). The van der Waals surface area contributed by atoms with Crippen molar-refractivity contribution in [3.8, 4) is 11.1 Å². The Labute approximate surface area is 138 Å². The number of anilines is 1. The predicted octanol–water partition coefficient (Wildman–Crippen LogP) is 2.87. The third kappa shape index (κ3) is 2.36. The number of hydrogen-bond donors (Lipinski definition) is 0. The van der Waals surface area contributed by atoms with E-state index >= 15 is 0 Å². The standard InChI is InChI=1S/C19H13N3O2/c23-18-16-10-13(14-4-3-8-20-11-14)6-7-17(16)22(19(18)24)12-15-5-1-2-9-21-15/h1-11H,12H2. The normalized spacial score (nSPS) is 13.2. The van der Waals surface area contributed by atoms with E-state index in [0.29, 0.717) is 11.3 Å². The fourth-order valence-corrected chi connectivity index (χ4v) is 2.82. The van der Waals surface area contributed by atoms with Crippen molar-refractivity contribution in [2.24, 2.45) is 0 Å². The number of nitrogens with zero attached hydrogens (tertiary/aromatic N) is 3. The number of amides is 1. The van der Waals surface area contributed by atoms with Crippen LogP contribution < -0.4 is 4.90 Å². The number of pyridine rings is 2. The summed E-state index contributed by atoms with van der Waals surface area (Å²) in [5, 5.41) is 0. The summed E-state index contributed by atoms with van der Waals surface area (Å²) < 4.78 is 0. The molecule has 1 amide bonds. The number of hydrogen-bond acceptors (Lipinski definition) is 4. The van der Waals surface area contributed by atoms with Crippen LogP contribution in [-0.2, 0) is 11.3 Å². The lowest BCUT2D eigenvalue weighted by molar-refractivity contribution is -0.114. The molecule has 3 heterocycles. The molecule has 5 nitrogen and oxygen atoms in total. The number of ketones is 1. The molecule has 0 saturated carbocycles. The van der Waals surface area contributed by atoms with Gasteiger partial charge in [-0.15, -0.1) is 0 Å². The van der Waals surface area contributed by atoms with Crippen LogP contribution in [0.15, 0.2) is 67.1 Å². The third-order valence-corrected chi connectivity index (χ3v) is 4.01. The average Bonchev–Trinajstić information content (AvgIpc) is 2.88. The van der Waals surface area contributed by atoms with Crippen LogP contribution in [0.3, 0.4) is 0 Å². The van der Waals surface area contributed by atoms with Gasteiger partial charge in [-0.25, -0.2) is 0 Å². The summed E-state index contributed by atoms with van der Waals surface area (Å²) in [4.78, 5) is 34.5. The number of fused-ring (bicyclic) bond motifs is 1. The molecule has 5 heteroatoms. The Balaban J connectivity index is 1.73. The smallest absolute Gasteiger partial charge is 0.299 e. The molecule has 0 radical (unpaired) electrons. The van der Waals surface area contributed by atoms with E-state index in [1.807, 2.05) is 42.5 Å². The average molecular weight is 315 g/mol. The van der Waals surface area contributed by atoms with Gasteiger partial charge >= 0.3 is 0 Å². The van der Waals surface area contributed by atoms with Crippen LogP contribution in [0.4, 0.5) is 5.69 Å². The van der Waals surface area contributed by atoms with Crippen molar-refractivity contribution in [2.75, 3.05) is 4.90 Å². The number of aromatic nitrogens is 2. The van der Waals surface area contributed by atoms with Crippen LogP contribution in [0.5, 0.6) is 0 Å². The Kier molecular flexibility index (Phi) is 3.39. The SMILES string of the molecule is O=C1C(=O)N(Cc2ccccn2)c2ccc(-c3cccnc3)cc21. The van der Waals surface area contributed by atoms with Gasteiger partial charge in [0.05, 0.1) is 23.5 Å². The molecule has 0 fully saturated rings. The lowest BCUT2D eigenvalue weighted by Crippen LogP contribution is -2.29. The van der Waals surface area contributed by atoms with Gasteiger partial charge in [0.15, 0.2) is 0 Å². The second kappa shape index (κ2) is 5.70. The van der Waals surface area contributed by atoms with E-state index in [1.165, 1.54) is 4.90 Å². The molecule has 3 aromatic rings. The highest BCUT2D eigenvalue weighted by molar-refractivity contribution is 6.52. The zero-order chi connectivity index (χ0) is 16.5. The summed E-state index contributed by atoms with van der Waals surface area (Å²) in [5.74, 6) is -0.995. The van der Waals surface area contributed by atoms with Gasteiger partial charge in [0.1, 0.15) is 0 Å². The lowest BCUT2D eigenvalue weighted by Gasteiger charge is -2.16. The van der Waals surface area contributed by atoms with Gasteiger partial charge in [-0.1, -0.05) is 18.2 Å². The van der Waals surface area contributed by atoms with Crippen molar-refractivity contribution in [3.63, 3.8) is 0 Å². The maximum atomic E-state index is 12.4. The van der Waals surface area contributed by atoms with Crippen molar-refractivity contribution in [1.29, 1.82) is 0 Å². The van der Waals surface area contributed by atoms with Gasteiger partial charge in [0.2, 0.25) is 0 Å². The van der Waals surface area contributed by atoms with Gasteiger partial charge in [0, 0.05) is 24.2 Å². The fraction of sp³-hybridized carbons (Fsp3) is 0.0526. The molecule has 24 heavy (non-hydrogen) atoms. The summed E-state index contributed by atoms with van der Waals surface area (Å²) in [6.07, 6.45) is 5.10. The maximum absolute atomic E-state index is 12.4. The van der Waals surface area contributed by atoms with Crippen molar-refractivity contribution in [3.05, 3.63) is 78.4 Å². The highest BCUT2D eigenvalue weighted by Crippen LogP contribution is 2.33. The van der Waals surface area contributed by atoms with Crippen molar-refractivity contribution < 1.29 is 9.59 Å². The number of benzene rings is 1. The van der Waals surface area contributed by atoms with Crippen molar-refractivity contribution >= 4 is 17.4 Å². The van der Waals surface area contributed by atoms with E-state index in [-0.39, 0.29) is 6.54 Å². The Hall–Kier alpha value is -3.34. The first-order chi connectivity index (χ1) is 11.7. The van der Waals surface area contributed by atoms with E-state index in [2.05, 4.69) is 9.97 Å². The molecular formula is C19H13N3O2. The number of carbonyl (C=O) groups is 2. The predicted molar refractivity (Wildman–Crippen MR) is 89.4 cm³/mol. The first-order valence-electron chi connectivity index (χ1n) is 7.54. The fourth-order valence-electron chi connectivity index (χ4n) is 2.82. The van der Waals surface area contributed by atoms with Crippen LogP contribution in [0.2, 0.25) is 0 Å². The first kappa shape index (κ1) is 14.3. The second-order valence-corrected chi connectivity index (χ2v) is 5.52. The number of carbonyl (C=O) groups excluding carboxylic acids is 2. The molecular weight excluding hydrogens is 302 g/mol. The van der Waals surface area contributed by atoms with E-state index < -0.39 is 11.7 Å². The molecule has 1 aliphatic heterocycles. The topological polar surface area (TPSA) is 63.2 Å². The molecule has 0 saturated heterocycles. The highest BCUT2D eigenvalue weighted by Gasteiger charge is 2.36. The van der Waals surface area contributed by atoms with Gasteiger partial charge in [0.25, 0.3) is 11.7 Å². The lowest BCUT2D eigenvalue weighted by atomic mass is 10.0. The monoisotopic (exact) mass is 315 g/mol. The zero-order valence-electron chi connectivity index (χ0n) is 12.7. The molecule has 0 atom stereocenters. The molecule has 116 valence electrons. The van der Waals surface area contributed by atoms with Gasteiger partial charge in [-0.05, 0) is 35.9 Å². The van der Waals surface area contributed by atoms with Crippen LogP contribution in [0.25, 0.3) is 11.1 Å². The maximum Gasteiger partial charge on any atom is 0.299 e. The molecule has 0 unspecified atom stereocenters.